The average Bonchev–Trinajstić information content (AvgIpc) is 2.38. The van der Waals surface area contributed by atoms with Crippen molar-refractivity contribution < 1.29 is 4.39 Å². The summed E-state index contributed by atoms with van der Waals surface area (Å²) in [4.78, 5) is 4.58. The van der Waals surface area contributed by atoms with E-state index in [1.165, 1.54) is 17.7 Å². The Labute approximate surface area is 114 Å². The van der Waals surface area contributed by atoms with Gasteiger partial charge in [0.05, 0.1) is 5.71 Å². The van der Waals surface area contributed by atoms with Crippen LogP contribution in [0, 0.1) is 5.82 Å². The van der Waals surface area contributed by atoms with E-state index < -0.39 is 0 Å². The molecule has 0 amide bonds. The number of halogens is 2. The van der Waals surface area contributed by atoms with Crippen molar-refractivity contribution in [3.63, 3.8) is 0 Å². The Hall–Kier alpha value is -1.48. The van der Waals surface area contributed by atoms with Crippen LogP contribution in [0.4, 0.5) is 4.39 Å². The van der Waals surface area contributed by atoms with Gasteiger partial charge in [-0.15, -0.1) is 0 Å². The maximum Gasteiger partial charge on any atom is 0.123 e. The quantitative estimate of drug-likeness (QED) is 0.755. The number of fused-ring (bicyclic) bond motifs is 1. The van der Waals surface area contributed by atoms with E-state index in [2.05, 4.69) is 33.1 Å². The molecule has 0 bridgehead atoms. The topological polar surface area (TPSA) is 12.4 Å². The number of nitrogens with zero attached hydrogens (tertiary/aromatic N) is 1. The van der Waals surface area contributed by atoms with Gasteiger partial charge in [0.15, 0.2) is 0 Å². The molecule has 0 unspecified atom stereocenters. The molecule has 0 aromatic heterocycles. The zero-order valence-electron chi connectivity index (χ0n) is 9.66. The molecule has 1 aliphatic heterocycles. The molecule has 0 aliphatic carbocycles. The molecule has 1 heterocycles. The fourth-order valence-corrected chi connectivity index (χ4v) is 2.64. The van der Waals surface area contributed by atoms with E-state index >= 15 is 0 Å². The summed E-state index contributed by atoms with van der Waals surface area (Å²) in [6.45, 7) is 0.788. The highest BCUT2D eigenvalue weighted by Crippen LogP contribution is 2.24. The lowest BCUT2D eigenvalue weighted by Crippen LogP contribution is -2.14. The molecule has 0 fully saturated rings. The van der Waals surface area contributed by atoms with Crippen LogP contribution in [0.15, 0.2) is 51.9 Å². The second-order valence-corrected chi connectivity index (χ2v) is 5.20. The molecule has 0 saturated heterocycles. The first-order valence-electron chi connectivity index (χ1n) is 5.83. The van der Waals surface area contributed by atoms with E-state index in [-0.39, 0.29) is 5.82 Å². The zero-order valence-corrected chi connectivity index (χ0v) is 11.2. The van der Waals surface area contributed by atoms with Gasteiger partial charge >= 0.3 is 0 Å². The fourth-order valence-electron chi connectivity index (χ4n) is 2.23. The van der Waals surface area contributed by atoms with Crippen LogP contribution >= 0.6 is 15.9 Å². The number of rotatable bonds is 1. The number of benzene rings is 2. The van der Waals surface area contributed by atoms with Gasteiger partial charge in [-0.05, 0) is 48.4 Å². The number of hydrogen-bond acceptors (Lipinski definition) is 1. The largest absolute Gasteiger partial charge is 0.284 e. The normalized spacial score (nSPS) is 14.0. The molecule has 2 aromatic rings. The third kappa shape index (κ3) is 2.10. The number of hydrogen-bond donors (Lipinski definition) is 0. The summed E-state index contributed by atoms with van der Waals surface area (Å²) in [5, 5.41) is 0. The van der Waals surface area contributed by atoms with E-state index in [1.807, 2.05) is 6.07 Å². The molecule has 0 saturated carbocycles. The average molecular weight is 304 g/mol. The maximum absolute atomic E-state index is 13.0. The van der Waals surface area contributed by atoms with Crippen molar-refractivity contribution in [1.82, 2.24) is 0 Å². The first-order chi connectivity index (χ1) is 8.74. The molecule has 90 valence electrons. The van der Waals surface area contributed by atoms with Crippen LogP contribution in [0.5, 0.6) is 0 Å². The van der Waals surface area contributed by atoms with Crippen molar-refractivity contribution in [2.75, 3.05) is 6.54 Å². The van der Waals surface area contributed by atoms with E-state index in [0.29, 0.717) is 0 Å². The summed E-state index contributed by atoms with van der Waals surface area (Å²) in [6, 6.07) is 12.7. The van der Waals surface area contributed by atoms with Crippen molar-refractivity contribution in [3.8, 4) is 0 Å². The molecule has 0 spiro atoms. The first-order valence-corrected chi connectivity index (χ1v) is 6.62. The summed E-state index contributed by atoms with van der Waals surface area (Å²) in [5.74, 6) is -0.216. The van der Waals surface area contributed by atoms with Crippen LogP contribution in [0.1, 0.15) is 16.7 Å². The summed E-state index contributed by atoms with van der Waals surface area (Å²) in [6.07, 6.45) is 0.958. The Kier molecular flexibility index (Phi) is 3.00. The standard InChI is InChI=1S/C15H11BrFN/c16-12-3-6-14-11(9-12)7-8-18-15(14)10-1-4-13(17)5-2-10/h1-6,9H,7-8H2. The summed E-state index contributed by atoms with van der Waals surface area (Å²) in [7, 11) is 0. The van der Waals surface area contributed by atoms with Gasteiger partial charge in [0.25, 0.3) is 0 Å². The molecule has 1 aliphatic rings. The Balaban J connectivity index is 2.09. The van der Waals surface area contributed by atoms with Gasteiger partial charge < -0.3 is 0 Å². The zero-order chi connectivity index (χ0) is 12.5. The molecule has 3 rings (SSSR count). The molecule has 2 aromatic carbocycles. The third-order valence-corrected chi connectivity index (χ3v) is 3.58. The highest BCUT2D eigenvalue weighted by Gasteiger charge is 2.15. The third-order valence-electron chi connectivity index (χ3n) is 3.09. The Bertz CT molecular complexity index is 617. The van der Waals surface area contributed by atoms with Crippen LogP contribution in [-0.4, -0.2) is 12.3 Å². The lowest BCUT2D eigenvalue weighted by Gasteiger charge is -2.17. The van der Waals surface area contributed by atoms with Crippen molar-refractivity contribution in [2.24, 2.45) is 4.99 Å². The van der Waals surface area contributed by atoms with Crippen LogP contribution in [0.25, 0.3) is 0 Å². The monoisotopic (exact) mass is 303 g/mol. The maximum atomic E-state index is 13.0. The predicted molar refractivity (Wildman–Crippen MR) is 74.8 cm³/mol. The van der Waals surface area contributed by atoms with Gasteiger partial charge in [-0.25, -0.2) is 4.39 Å². The van der Waals surface area contributed by atoms with Crippen LogP contribution in [0.3, 0.4) is 0 Å². The Morgan fingerprint density at radius 2 is 1.83 bits per heavy atom. The molecule has 18 heavy (non-hydrogen) atoms. The smallest absolute Gasteiger partial charge is 0.123 e. The highest BCUT2D eigenvalue weighted by atomic mass is 79.9. The Morgan fingerprint density at radius 1 is 1.06 bits per heavy atom. The van der Waals surface area contributed by atoms with Crippen molar-refractivity contribution in [2.45, 2.75) is 6.42 Å². The fraction of sp³-hybridized carbons (Fsp3) is 0.133. The van der Waals surface area contributed by atoms with Gasteiger partial charge in [-0.1, -0.05) is 22.0 Å². The minimum absolute atomic E-state index is 0.216. The molecule has 0 N–H and O–H groups in total. The second kappa shape index (κ2) is 4.65. The summed E-state index contributed by atoms with van der Waals surface area (Å²) >= 11 is 3.49. The van der Waals surface area contributed by atoms with Gasteiger partial charge in [0.2, 0.25) is 0 Å². The first kappa shape index (κ1) is 11.6. The van der Waals surface area contributed by atoms with E-state index in [1.54, 1.807) is 12.1 Å². The molecule has 3 heteroatoms. The summed E-state index contributed by atoms with van der Waals surface area (Å²) in [5.41, 5.74) is 4.37. The van der Waals surface area contributed by atoms with E-state index in [9.17, 15) is 4.39 Å². The van der Waals surface area contributed by atoms with Crippen LogP contribution in [0.2, 0.25) is 0 Å². The van der Waals surface area contributed by atoms with Gasteiger partial charge in [0.1, 0.15) is 5.82 Å². The van der Waals surface area contributed by atoms with Gasteiger partial charge in [-0.3, -0.25) is 4.99 Å². The van der Waals surface area contributed by atoms with Crippen molar-refractivity contribution in [3.05, 3.63) is 69.4 Å². The summed E-state index contributed by atoms with van der Waals surface area (Å²) < 4.78 is 14.0. The SMILES string of the molecule is Fc1ccc(C2=NCCc3cc(Br)ccc32)cc1. The molecular formula is C15H11BrFN. The molecular weight excluding hydrogens is 293 g/mol. The van der Waals surface area contributed by atoms with Crippen LogP contribution in [-0.2, 0) is 6.42 Å². The minimum Gasteiger partial charge on any atom is -0.284 e. The molecule has 0 radical (unpaired) electrons. The van der Waals surface area contributed by atoms with Gasteiger partial charge in [0, 0.05) is 22.1 Å². The van der Waals surface area contributed by atoms with Crippen molar-refractivity contribution >= 4 is 21.6 Å². The van der Waals surface area contributed by atoms with Crippen LogP contribution < -0.4 is 0 Å². The molecule has 1 nitrogen and oxygen atoms in total. The second-order valence-electron chi connectivity index (χ2n) is 4.29. The van der Waals surface area contributed by atoms with Crippen molar-refractivity contribution in [1.29, 1.82) is 0 Å². The Morgan fingerprint density at radius 3 is 2.61 bits per heavy atom. The van der Waals surface area contributed by atoms with E-state index in [4.69, 9.17) is 0 Å². The lowest BCUT2D eigenvalue weighted by atomic mass is 9.93. The van der Waals surface area contributed by atoms with Gasteiger partial charge in [-0.2, -0.15) is 0 Å². The predicted octanol–water partition coefficient (Wildman–Crippen LogP) is 3.98. The molecule has 0 atom stereocenters. The lowest BCUT2D eigenvalue weighted by molar-refractivity contribution is 0.628. The minimum atomic E-state index is -0.216. The number of aliphatic imine (C=N–C) groups is 1. The van der Waals surface area contributed by atoms with E-state index in [0.717, 1.165) is 34.3 Å². The highest BCUT2D eigenvalue weighted by molar-refractivity contribution is 9.10.